The Balaban J connectivity index is 1.99. The summed E-state index contributed by atoms with van der Waals surface area (Å²) in [5.74, 6) is 0.907. The van der Waals surface area contributed by atoms with Gasteiger partial charge in [0, 0.05) is 0 Å². The van der Waals surface area contributed by atoms with Crippen molar-refractivity contribution in [2.75, 3.05) is 23.7 Å². The third-order valence-electron chi connectivity index (χ3n) is 4.48. The minimum Gasteiger partial charge on any atom is -0.497 e. The molecule has 3 aromatic carbocycles. The van der Waals surface area contributed by atoms with E-state index in [0.29, 0.717) is 11.5 Å². The van der Waals surface area contributed by atoms with Gasteiger partial charge >= 0.3 is 0 Å². The Kier molecular flexibility index (Phi) is 8.01. The van der Waals surface area contributed by atoms with Crippen molar-refractivity contribution in [3.05, 3.63) is 68.6 Å². The zero-order chi connectivity index (χ0) is 25.3. The maximum atomic E-state index is 12.8. The monoisotopic (exact) mass is 584 g/mol. The van der Waals surface area contributed by atoms with E-state index in [9.17, 15) is 16.8 Å². The second kappa shape index (κ2) is 10.3. The molecule has 0 saturated carbocycles. The first-order valence-electron chi connectivity index (χ1n) is 9.11. The lowest BCUT2D eigenvalue weighted by molar-refractivity contribution is 0.414. The van der Waals surface area contributed by atoms with Crippen LogP contribution in [0.4, 0.5) is 11.4 Å². The first-order chi connectivity index (χ1) is 15.9. The Hall–Kier alpha value is -2.08. The molecule has 0 radical (unpaired) electrons. The summed E-state index contributed by atoms with van der Waals surface area (Å²) in [6.07, 6.45) is 0. The van der Waals surface area contributed by atoms with Gasteiger partial charge in [-0.15, -0.1) is 0 Å². The molecule has 0 fully saturated rings. The van der Waals surface area contributed by atoms with E-state index < -0.39 is 20.0 Å². The van der Waals surface area contributed by atoms with Gasteiger partial charge in [-0.05, 0) is 48.5 Å². The lowest BCUT2D eigenvalue weighted by atomic mass is 10.3. The van der Waals surface area contributed by atoms with Crippen LogP contribution >= 0.6 is 46.4 Å². The molecule has 0 heterocycles. The molecule has 0 aromatic heterocycles. The molecule has 0 aliphatic heterocycles. The number of methoxy groups -OCH3 is 2. The van der Waals surface area contributed by atoms with Crippen LogP contribution < -0.4 is 18.9 Å². The van der Waals surface area contributed by atoms with Crippen molar-refractivity contribution in [2.45, 2.75) is 9.79 Å². The Morgan fingerprint density at radius 2 is 0.824 bits per heavy atom. The minimum atomic E-state index is -4.16. The van der Waals surface area contributed by atoms with Crippen LogP contribution in [0.15, 0.2) is 58.3 Å². The summed E-state index contributed by atoms with van der Waals surface area (Å²) in [5.41, 5.74) is -0.636. The smallest absolute Gasteiger partial charge is 0.261 e. The lowest BCUT2D eigenvalue weighted by Gasteiger charge is -2.18. The van der Waals surface area contributed by atoms with Crippen molar-refractivity contribution >= 4 is 77.8 Å². The van der Waals surface area contributed by atoms with Crippen molar-refractivity contribution < 1.29 is 26.3 Å². The zero-order valence-corrected chi connectivity index (χ0v) is 22.1. The van der Waals surface area contributed by atoms with Crippen LogP contribution in [0.1, 0.15) is 0 Å². The second-order valence-corrected chi connectivity index (χ2v) is 11.4. The summed E-state index contributed by atoms with van der Waals surface area (Å²) < 4.78 is 65.7. The standard InChI is InChI=1S/C20H16Cl4N2O6S2/c1-31-11-3-7-13(8-4-11)33(27,28)25-19-15(21)17(23)20(18(24)16(19)22)26-34(29,30)14-9-5-12(32-2)6-10-14/h3-10,25-26H,1-2H3. The van der Waals surface area contributed by atoms with E-state index in [1.165, 1.54) is 62.8 Å². The second-order valence-electron chi connectivity index (χ2n) is 6.57. The van der Waals surface area contributed by atoms with Crippen molar-refractivity contribution in [2.24, 2.45) is 0 Å². The lowest BCUT2D eigenvalue weighted by Crippen LogP contribution is -2.16. The number of benzene rings is 3. The van der Waals surface area contributed by atoms with E-state index in [1.807, 2.05) is 0 Å². The van der Waals surface area contributed by atoms with Crippen LogP contribution in [0.3, 0.4) is 0 Å². The quantitative estimate of drug-likeness (QED) is 0.317. The van der Waals surface area contributed by atoms with Gasteiger partial charge in [-0.1, -0.05) is 46.4 Å². The summed E-state index contributed by atoms with van der Waals surface area (Å²) in [6.45, 7) is 0. The summed E-state index contributed by atoms with van der Waals surface area (Å²) in [4.78, 5) is -0.228. The maximum absolute atomic E-state index is 12.8. The number of anilines is 2. The summed E-state index contributed by atoms with van der Waals surface area (Å²) in [7, 11) is -5.43. The number of hydrogen-bond donors (Lipinski definition) is 2. The number of sulfonamides is 2. The average molecular weight is 586 g/mol. The molecule has 0 aliphatic carbocycles. The van der Waals surface area contributed by atoms with Crippen molar-refractivity contribution in [3.63, 3.8) is 0 Å². The molecule has 8 nitrogen and oxygen atoms in total. The molecule has 0 bridgehead atoms. The topological polar surface area (TPSA) is 111 Å². The molecule has 182 valence electrons. The zero-order valence-electron chi connectivity index (χ0n) is 17.4. The molecule has 0 spiro atoms. The van der Waals surface area contributed by atoms with Crippen LogP contribution in [0.2, 0.25) is 20.1 Å². The highest BCUT2D eigenvalue weighted by atomic mass is 35.5. The summed E-state index contributed by atoms with van der Waals surface area (Å²) in [5, 5.41) is -1.44. The molecular weight excluding hydrogens is 570 g/mol. The normalized spacial score (nSPS) is 11.7. The van der Waals surface area contributed by atoms with Gasteiger partial charge in [0.1, 0.15) is 11.5 Å². The first-order valence-corrected chi connectivity index (χ1v) is 13.6. The van der Waals surface area contributed by atoms with Crippen LogP contribution in [-0.2, 0) is 20.0 Å². The Labute approximate surface area is 216 Å². The van der Waals surface area contributed by atoms with Crippen molar-refractivity contribution in [1.29, 1.82) is 0 Å². The SMILES string of the molecule is COc1ccc(S(=O)(=O)Nc2c(Cl)c(Cl)c(NS(=O)(=O)c3ccc(OC)cc3)c(Cl)c2Cl)cc1. The molecule has 0 atom stereocenters. The van der Waals surface area contributed by atoms with Gasteiger partial charge in [-0.25, -0.2) is 16.8 Å². The third-order valence-corrected chi connectivity index (χ3v) is 8.91. The van der Waals surface area contributed by atoms with Gasteiger partial charge < -0.3 is 9.47 Å². The Morgan fingerprint density at radius 3 is 1.06 bits per heavy atom. The molecule has 2 N–H and O–H groups in total. The summed E-state index contributed by atoms with van der Waals surface area (Å²) >= 11 is 25.0. The fourth-order valence-electron chi connectivity index (χ4n) is 2.71. The number of ether oxygens (including phenoxy) is 2. The van der Waals surface area contributed by atoms with E-state index in [0.717, 1.165) is 0 Å². The van der Waals surface area contributed by atoms with Crippen LogP contribution in [0, 0.1) is 0 Å². The van der Waals surface area contributed by atoms with Gasteiger partial charge in [0.25, 0.3) is 20.0 Å². The molecule has 0 saturated heterocycles. The van der Waals surface area contributed by atoms with E-state index in [2.05, 4.69) is 9.44 Å². The number of halogens is 4. The molecule has 0 amide bonds. The molecular formula is C20H16Cl4N2O6S2. The minimum absolute atomic E-state index is 0.114. The Morgan fingerprint density at radius 1 is 0.559 bits per heavy atom. The molecule has 34 heavy (non-hydrogen) atoms. The van der Waals surface area contributed by atoms with E-state index in [-0.39, 0.29) is 41.3 Å². The van der Waals surface area contributed by atoms with E-state index in [4.69, 9.17) is 55.9 Å². The molecule has 3 rings (SSSR count). The molecule has 3 aromatic rings. The van der Waals surface area contributed by atoms with Crippen LogP contribution in [-0.4, -0.2) is 31.1 Å². The number of rotatable bonds is 8. The van der Waals surface area contributed by atoms with E-state index in [1.54, 1.807) is 0 Å². The Bertz CT molecular complexity index is 1290. The highest BCUT2D eigenvalue weighted by molar-refractivity contribution is 7.93. The first kappa shape index (κ1) is 26.5. The largest absolute Gasteiger partial charge is 0.497 e. The van der Waals surface area contributed by atoms with Gasteiger partial charge in [0.05, 0.1) is 55.5 Å². The highest BCUT2D eigenvalue weighted by Crippen LogP contribution is 2.48. The fourth-order valence-corrected chi connectivity index (χ4v) is 6.14. The van der Waals surface area contributed by atoms with Gasteiger partial charge in [-0.2, -0.15) is 0 Å². The van der Waals surface area contributed by atoms with Gasteiger partial charge in [-0.3, -0.25) is 9.44 Å². The highest BCUT2D eigenvalue weighted by Gasteiger charge is 2.27. The third kappa shape index (κ3) is 5.42. The number of hydrogen-bond acceptors (Lipinski definition) is 6. The molecule has 0 aliphatic rings. The average Bonchev–Trinajstić information content (AvgIpc) is 2.83. The maximum Gasteiger partial charge on any atom is 0.261 e. The number of nitrogens with one attached hydrogen (secondary N) is 2. The van der Waals surface area contributed by atoms with Crippen LogP contribution in [0.5, 0.6) is 11.5 Å². The van der Waals surface area contributed by atoms with Crippen LogP contribution in [0.25, 0.3) is 0 Å². The molecule has 14 heteroatoms. The predicted molar refractivity (Wildman–Crippen MR) is 134 cm³/mol. The predicted octanol–water partition coefficient (Wildman–Crippen LogP) is 5.92. The fraction of sp³-hybridized carbons (Fsp3) is 0.100. The van der Waals surface area contributed by atoms with Gasteiger partial charge in [0.15, 0.2) is 0 Å². The van der Waals surface area contributed by atoms with Crippen molar-refractivity contribution in [1.82, 2.24) is 0 Å². The van der Waals surface area contributed by atoms with Gasteiger partial charge in [0.2, 0.25) is 0 Å². The summed E-state index contributed by atoms with van der Waals surface area (Å²) in [6, 6.07) is 11.0. The van der Waals surface area contributed by atoms with Crippen molar-refractivity contribution in [3.8, 4) is 11.5 Å². The molecule has 0 unspecified atom stereocenters. The van der Waals surface area contributed by atoms with E-state index >= 15 is 0 Å².